The van der Waals surface area contributed by atoms with Gasteiger partial charge in [0.25, 0.3) is 0 Å². The molecule has 3 aliphatic rings. The van der Waals surface area contributed by atoms with Gasteiger partial charge in [-0.3, -0.25) is 4.90 Å². The lowest BCUT2D eigenvalue weighted by Crippen LogP contribution is -2.53. The number of nitrogens with zero attached hydrogens (tertiary/aromatic N) is 1. The third-order valence-corrected chi connectivity index (χ3v) is 5.15. The molecule has 0 aromatic heterocycles. The Balaban J connectivity index is 0.000000321. The summed E-state index contributed by atoms with van der Waals surface area (Å²) in [5, 5.41) is 7.12. The Bertz CT molecular complexity index is 482. The number of carbonyl (C=O) groups is 1. The summed E-state index contributed by atoms with van der Waals surface area (Å²) in [4.78, 5) is 11.6. The monoisotopic (exact) mass is 395 g/mol. The number of alkyl halides is 3. The summed E-state index contributed by atoms with van der Waals surface area (Å²) in [7, 11) is 0. The fourth-order valence-electron chi connectivity index (χ4n) is 3.85. The zero-order valence-electron chi connectivity index (χ0n) is 15.3. The van der Waals surface area contributed by atoms with Crippen molar-refractivity contribution in [2.75, 3.05) is 39.5 Å². The van der Waals surface area contributed by atoms with E-state index in [1.165, 1.54) is 25.8 Å². The fourth-order valence-corrected chi connectivity index (χ4v) is 3.85. The van der Waals surface area contributed by atoms with E-state index in [-0.39, 0.29) is 12.2 Å². The topological polar surface area (TPSA) is 68.2 Å². The number of hydrogen-bond donors (Lipinski definition) is 1. The SMILES string of the molecule is C=CCO[C@@H]1CC[C@H]2[C@H]1OCCN2CC1CCOCC1.O=C(O)C(F)(F)F. The lowest BCUT2D eigenvalue weighted by Gasteiger charge is -2.41. The third-order valence-electron chi connectivity index (χ3n) is 5.15. The van der Waals surface area contributed by atoms with Crippen molar-refractivity contribution < 1.29 is 37.3 Å². The summed E-state index contributed by atoms with van der Waals surface area (Å²) in [5.41, 5.74) is 0. The smallest absolute Gasteiger partial charge is 0.475 e. The van der Waals surface area contributed by atoms with Gasteiger partial charge in [0.2, 0.25) is 0 Å². The largest absolute Gasteiger partial charge is 0.490 e. The number of fused-ring (bicyclic) bond motifs is 1. The highest BCUT2D eigenvalue weighted by Gasteiger charge is 2.43. The minimum absolute atomic E-state index is 0.260. The maximum absolute atomic E-state index is 10.6. The van der Waals surface area contributed by atoms with E-state index in [0.717, 1.165) is 38.7 Å². The van der Waals surface area contributed by atoms with Gasteiger partial charge in [-0.25, -0.2) is 4.79 Å². The molecule has 0 bridgehead atoms. The molecule has 0 amide bonds. The Hall–Kier alpha value is -1.16. The van der Waals surface area contributed by atoms with Crippen molar-refractivity contribution in [3.8, 4) is 0 Å². The van der Waals surface area contributed by atoms with Crippen LogP contribution in [0.3, 0.4) is 0 Å². The molecule has 2 aliphatic heterocycles. The molecule has 0 radical (unpaired) electrons. The Morgan fingerprint density at radius 1 is 1.22 bits per heavy atom. The maximum Gasteiger partial charge on any atom is 0.490 e. The predicted molar refractivity (Wildman–Crippen MR) is 91.5 cm³/mol. The van der Waals surface area contributed by atoms with Crippen LogP contribution in [0.1, 0.15) is 25.7 Å². The van der Waals surface area contributed by atoms with Gasteiger partial charge in [0.1, 0.15) is 0 Å². The summed E-state index contributed by atoms with van der Waals surface area (Å²) in [6.45, 7) is 9.38. The standard InChI is InChI=1S/C16H27NO3.C2HF3O2/c1-2-8-19-15-4-3-14-16(15)20-11-7-17(14)12-13-5-9-18-10-6-13;3-2(4,5)1(6)7/h2,13-16H,1,3-12H2;(H,6,7)/t14-,15+,16+;/m0./s1. The number of halogens is 3. The highest BCUT2D eigenvalue weighted by molar-refractivity contribution is 5.73. The third kappa shape index (κ3) is 6.74. The molecule has 0 unspecified atom stereocenters. The van der Waals surface area contributed by atoms with Crippen molar-refractivity contribution >= 4 is 5.97 Å². The van der Waals surface area contributed by atoms with Gasteiger partial charge in [0.15, 0.2) is 0 Å². The molecule has 27 heavy (non-hydrogen) atoms. The number of hydrogen-bond acceptors (Lipinski definition) is 5. The van der Waals surface area contributed by atoms with Crippen molar-refractivity contribution in [3.05, 3.63) is 12.7 Å². The first-order valence-electron chi connectivity index (χ1n) is 9.29. The van der Waals surface area contributed by atoms with Gasteiger partial charge in [-0.1, -0.05) is 6.08 Å². The van der Waals surface area contributed by atoms with Crippen molar-refractivity contribution in [2.45, 2.75) is 50.1 Å². The maximum atomic E-state index is 10.6. The molecule has 3 atom stereocenters. The summed E-state index contributed by atoms with van der Waals surface area (Å²) in [6, 6.07) is 0.557. The van der Waals surface area contributed by atoms with Crippen LogP contribution in [-0.2, 0) is 19.0 Å². The van der Waals surface area contributed by atoms with Crippen LogP contribution < -0.4 is 0 Å². The Labute approximate surface area is 157 Å². The minimum atomic E-state index is -5.08. The molecular formula is C18H28F3NO5. The first-order chi connectivity index (χ1) is 12.8. The molecule has 2 heterocycles. The first kappa shape index (κ1) is 22.1. The second-order valence-corrected chi connectivity index (χ2v) is 6.99. The van der Waals surface area contributed by atoms with Crippen LogP contribution >= 0.6 is 0 Å². The highest BCUT2D eigenvalue weighted by Crippen LogP contribution is 2.33. The Morgan fingerprint density at radius 2 is 1.89 bits per heavy atom. The van der Waals surface area contributed by atoms with Crippen molar-refractivity contribution in [1.82, 2.24) is 4.90 Å². The molecule has 6 nitrogen and oxygen atoms in total. The van der Waals surface area contributed by atoms with Gasteiger partial charge in [-0.05, 0) is 31.6 Å². The average Bonchev–Trinajstić information content (AvgIpc) is 3.05. The van der Waals surface area contributed by atoms with Crippen LogP contribution in [0.2, 0.25) is 0 Å². The molecular weight excluding hydrogens is 367 g/mol. The normalized spacial score (nSPS) is 29.5. The van der Waals surface area contributed by atoms with Crippen LogP contribution in [0.15, 0.2) is 12.7 Å². The van der Waals surface area contributed by atoms with Crippen LogP contribution in [0.25, 0.3) is 0 Å². The number of carboxylic acids is 1. The molecule has 0 aromatic rings. The minimum Gasteiger partial charge on any atom is -0.475 e. The van der Waals surface area contributed by atoms with E-state index in [9.17, 15) is 13.2 Å². The van der Waals surface area contributed by atoms with E-state index >= 15 is 0 Å². The van der Waals surface area contributed by atoms with E-state index in [2.05, 4.69) is 11.5 Å². The van der Waals surface area contributed by atoms with E-state index in [1.807, 2.05) is 6.08 Å². The number of aliphatic carboxylic acids is 1. The van der Waals surface area contributed by atoms with Gasteiger partial charge in [-0.15, -0.1) is 6.58 Å². The zero-order valence-corrected chi connectivity index (χ0v) is 15.3. The molecule has 3 fully saturated rings. The molecule has 1 N–H and O–H groups in total. The first-order valence-corrected chi connectivity index (χ1v) is 9.29. The zero-order chi connectivity index (χ0) is 19.9. The lowest BCUT2D eigenvalue weighted by molar-refractivity contribution is -0.192. The second kappa shape index (κ2) is 10.4. The van der Waals surface area contributed by atoms with Crippen LogP contribution in [0, 0.1) is 5.92 Å². The molecule has 0 spiro atoms. The van der Waals surface area contributed by atoms with E-state index in [4.69, 9.17) is 24.1 Å². The molecule has 156 valence electrons. The molecule has 0 aromatic carbocycles. The van der Waals surface area contributed by atoms with E-state index in [0.29, 0.717) is 12.6 Å². The van der Waals surface area contributed by atoms with Crippen LogP contribution in [0.4, 0.5) is 13.2 Å². The van der Waals surface area contributed by atoms with E-state index in [1.54, 1.807) is 0 Å². The van der Waals surface area contributed by atoms with Gasteiger partial charge < -0.3 is 19.3 Å². The Morgan fingerprint density at radius 3 is 2.48 bits per heavy atom. The average molecular weight is 395 g/mol. The lowest BCUT2D eigenvalue weighted by atomic mass is 9.98. The van der Waals surface area contributed by atoms with Crippen LogP contribution in [0.5, 0.6) is 0 Å². The molecule has 3 rings (SSSR count). The molecule has 1 saturated carbocycles. The number of carboxylic acid groups (broad SMARTS) is 1. The van der Waals surface area contributed by atoms with Gasteiger partial charge in [-0.2, -0.15) is 13.2 Å². The van der Waals surface area contributed by atoms with Crippen LogP contribution in [-0.4, -0.2) is 79.9 Å². The quantitative estimate of drug-likeness (QED) is 0.722. The summed E-state index contributed by atoms with van der Waals surface area (Å²) in [6.07, 6.45) is 2.02. The van der Waals surface area contributed by atoms with Crippen molar-refractivity contribution in [3.63, 3.8) is 0 Å². The second-order valence-electron chi connectivity index (χ2n) is 6.99. The predicted octanol–water partition coefficient (Wildman–Crippen LogP) is 2.48. The highest BCUT2D eigenvalue weighted by atomic mass is 19.4. The summed E-state index contributed by atoms with van der Waals surface area (Å²) < 4.78 is 49.1. The number of rotatable bonds is 5. The van der Waals surface area contributed by atoms with Gasteiger partial charge >= 0.3 is 12.1 Å². The van der Waals surface area contributed by atoms with Gasteiger partial charge in [0, 0.05) is 32.3 Å². The summed E-state index contributed by atoms with van der Waals surface area (Å²) in [5.74, 6) is -1.96. The number of ether oxygens (including phenoxy) is 3. The molecule has 2 saturated heterocycles. The molecule has 9 heteroatoms. The molecule has 1 aliphatic carbocycles. The van der Waals surface area contributed by atoms with Crippen molar-refractivity contribution in [2.24, 2.45) is 5.92 Å². The summed E-state index contributed by atoms with van der Waals surface area (Å²) >= 11 is 0. The van der Waals surface area contributed by atoms with Gasteiger partial charge in [0.05, 0.1) is 25.4 Å². The van der Waals surface area contributed by atoms with Crippen molar-refractivity contribution in [1.29, 1.82) is 0 Å². The van der Waals surface area contributed by atoms with E-state index < -0.39 is 12.1 Å². The Kier molecular flexibility index (Phi) is 8.53. The number of morpholine rings is 1. The fraction of sp³-hybridized carbons (Fsp3) is 0.833.